The van der Waals surface area contributed by atoms with Crippen LogP contribution in [0.25, 0.3) is 11.4 Å². The van der Waals surface area contributed by atoms with Gasteiger partial charge < -0.3 is 9.64 Å². The number of carbonyl (C=O) groups excluding carboxylic acids is 1. The Morgan fingerprint density at radius 2 is 1.83 bits per heavy atom. The molecule has 1 saturated heterocycles. The van der Waals surface area contributed by atoms with Crippen molar-refractivity contribution in [1.82, 2.24) is 34.6 Å². The summed E-state index contributed by atoms with van der Waals surface area (Å²) in [5.41, 5.74) is -0.900. The number of ether oxygens (including phenoxy) is 1. The van der Waals surface area contributed by atoms with E-state index in [2.05, 4.69) is 25.0 Å². The average molecular weight is 497 g/mol. The molecule has 3 aromatic heterocycles. The summed E-state index contributed by atoms with van der Waals surface area (Å²) >= 11 is 0. The van der Waals surface area contributed by atoms with Gasteiger partial charge in [-0.2, -0.15) is 18.3 Å². The summed E-state index contributed by atoms with van der Waals surface area (Å²) in [6.07, 6.45) is 0.454. The monoisotopic (exact) mass is 497 g/mol. The van der Waals surface area contributed by atoms with Gasteiger partial charge in [0, 0.05) is 44.5 Å². The molecule has 0 aliphatic carbocycles. The largest absolute Gasteiger partial charge is 0.461 e. The number of rotatable bonds is 5. The van der Waals surface area contributed by atoms with Crippen LogP contribution in [0, 0.1) is 5.92 Å². The summed E-state index contributed by atoms with van der Waals surface area (Å²) in [6, 6.07) is 0.371. The molecule has 0 radical (unpaired) electrons. The fourth-order valence-corrected chi connectivity index (χ4v) is 3.90. The third-order valence-corrected chi connectivity index (χ3v) is 5.52. The highest BCUT2D eigenvalue weighted by molar-refractivity contribution is 5.98. The molecule has 0 unspecified atom stereocenters. The Balaban J connectivity index is 1.60. The van der Waals surface area contributed by atoms with Crippen molar-refractivity contribution in [3.63, 3.8) is 0 Å². The average Bonchev–Trinajstić information content (AvgIpc) is 3.19. The Hall–Kier alpha value is -3.71. The zero-order chi connectivity index (χ0) is 25.4. The highest BCUT2D eigenvalue weighted by Crippen LogP contribution is 2.36. The minimum absolute atomic E-state index is 0.112. The summed E-state index contributed by atoms with van der Waals surface area (Å²) in [5.74, 6) is -4.44. The molecule has 4 heterocycles. The van der Waals surface area contributed by atoms with Crippen LogP contribution in [-0.2, 0) is 13.2 Å². The van der Waals surface area contributed by atoms with E-state index in [1.165, 1.54) is 30.2 Å². The number of carbonyl (C=O) groups is 1. The topological polar surface area (TPSA) is 98.9 Å². The SMILES string of the molecule is C[C@@H]1CC(F)(F)CN(C(=O)c2nn(C)cc2-c2ncccn2)[C@@H]1COc1ncc(C(F)(F)F)cn1. The molecule has 4 rings (SSSR count). The summed E-state index contributed by atoms with van der Waals surface area (Å²) in [4.78, 5) is 29.7. The van der Waals surface area contributed by atoms with Gasteiger partial charge in [0.2, 0.25) is 0 Å². The molecule has 0 aromatic carbocycles. The smallest absolute Gasteiger partial charge is 0.419 e. The van der Waals surface area contributed by atoms with Crippen LogP contribution in [0.5, 0.6) is 6.01 Å². The number of alkyl halides is 5. The van der Waals surface area contributed by atoms with E-state index in [0.717, 1.165) is 4.90 Å². The standard InChI is InChI=1S/C21H20F5N7O2/c1-12-6-20(22,23)11-33(15(12)10-35-19-29-7-13(8-30-19)21(24,25)26)18(34)16-14(9-32(2)31-16)17-27-4-3-5-28-17/h3-5,7-9,12,15H,6,10-11H2,1-2H3/t12-,15-/m1/s1. The zero-order valence-electron chi connectivity index (χ0n) is 18.6. The highest BCUT2D eigenvalue weighted by atomic mass is 19.4. The van der Waals surface area contributed by atoms with Crippen molar-refractivity contribution in [3.8, 4) is 17.4 Å². The summed E-state index contributed by atoms with van der Waals surface area (Å²) < 4.78 is 73.9. The van der Waals surface area contributed by atoms with E-state index in [1.54, 1.807) is 13.1 Å². The van der Waals surface area contributed by atoms with Crippen molar-refractivity contribution in [1.29, 1.82) is 0 Å². The Morgan fingerprint density at radius 3 is 2.46 bits per heavy atom. The van der Waals surface area contributed by atoms with Gasteiger partial charge in [0.25, 0.3) is 11.8 Å². The van der Waals surface area contributed by atoms with Crippen LogP contribution in [0.1, 0.15) is 29.4 Å². The van der Waals surface area contributed by atoms with Crippen LogP contribution < -0.4 is 4.74 Å². The van der Waals surface area contributed by atoms with Gasteiger partial charge in [-0.25, -0.2) is 28.7 Å². The normalized spacial score (nSPS) is 20.0. The van der Waals surface area contributed by atoms with Crippen LogP contribution in [0.15, 0.2) is 37.1 Å². The molecule has 2 atom stereocenters. The lowest BCUT2D eigenvalue weighted by molar-refractivity contribution is -0.138. The molecule has 35 heavy (non-hydrogen) atoms. The van der Waals surface area contributed by atoms with Crippen molar-refractivity contribution in [2.75, 3.05) is 13.2 Å². The van der Waals surface area contributed by atoms with Crippen molar-refractivity contribution in [3.05, 3.63) is 48.3 Å². The van der Waals surface area contributed by atoms with Gasteiger partial charge in [0.15, 0.2) is 11.5 Å². The van der Waals surface area contributed by atoms with Crippen molar-refractivity contribution < 1.29 is 31.5 Å². The van der Waals surface area contributed by atoms with Crippen LogP contribution in [-0.4, -0.2) is 65.6 Å². The fraction of sp³-hybridized carbons (Fsp3) is 0.429. The van der Waals surface area contributed by atoms with E-state index in [0.29, 0.717) is 12.4 Å². The Bertz CT molecular complexity index is 1190. The lowest BCUT2D eigenvalue weighted by Gasteiger charge is -2.42. The van der Waals surface area contributed by atoms with Crippen molar-refractivity contribution in [2.45, 2.75) is 31.5 Å². The molecule has 0 N–H and O–H groups in total. The number of likely N-dealkylation sites (tertiary alicyclic amines) is 1. The Labute approximate surface area is 196 Å². The van der Waals surface area contributed by atoms with Crippen molar-refractivity contribution >= 4 is 5.91 Å². The zero-order valence-corrected chi connectivity index (χ0v) is 18.6. The molecule has 14 heteroatoms. The third kappa shape index (κ3) is 5.35. The van der Waals surface area contributed by atoms with Crippen LogP contribution in [0.2, 0.25) is 0 Å². The van der Waals surface area contributed by atoms with Gasteiger partial charge >= 0.3 is 12.2 Å². The van der Waals surface area contributed by atoms with Crippen LogP contribution in [0.3, 0.4) is 0 Å². The maximum Gasteiger partial charge on any atom is 0.419 e. The molecule has 1 amide bonds. The second-order valence-corrected chi connectivity index (χ2v) is 8.24. The predicted molar refractivity (Wildman–Crippen MR) is 110 cm³/mol. The molecule has 3 aromatic rings. The van der Waals surface area contributed by atoms with Crippen LogP contribution >= 0.6 is 0 Å². The molecule has 0 spiro atoms. The van der Waals surface area contributed by atoms with Gasteiger partial charge in [-0.3, -0.25) is 9.48 Å². The van der Waals surface area contributed by atoms with E-state index in [4.69, 9.17) is 4.74 Å². The number of hydrogen-bond acceptors (Lipinski definition) is 7. The number of hydrogen-bond donors (Lipinski definition) is 0. The first kappa shape index (κ1) is 24.4. The van der Waals surface area contributed by atoms with E-state index in [9.17, 15) is 26.7 Å². The van der Waals surface area contributed by atoms with E-state index < -0.39 is 48.5 Å². The van der Waals surface area contributed by atoms with E-state index >= 15 is 0 Å². The minimum Gasteiger partial charge on any atom is -0.461 e. The number of aryl methyl sites for hydroxylation is 1. The predicted octanol–water partition coefficient (Wildman–Crippen LogP) is 3.25. The molecule has 9 nitrogen and oxygen atoms in total. The minimum atomic E-state index is -4.62. The number of amides is 1. The van der Waals surface area contributed by atoms with Gasteiger partial charge in [-0.15, -0.1) is 0 Å². The first-order valence-electron chi connectivity index (χ1n) is 10.5. The number of nitrogens with zero attached hydrogens (tertiary/aromatic N) is 7. The number of piperidine rings is 1. The maximum absolute atomic E-state index is 14.5. The van der Waals surface area contributed by atoms with E-state index in [-0.39, 0.29) is 29.7 Å². The molecule has 1 aliphatic heterocycles. The molecule has 0 saturated carbocycles. The summed E-state index contributed by atoms with van der Waals surface area (Å²) in [5, 5.41) is 4.15. The molecular weight excluding hydrogens is 477 g/mol. The number of aromatic nitrogens is 6. The maximum atomic E-state index is 14.5. The highest BCUT2D eigenvalue weighted by Gasteiger charge is 2.47. The van der Waals surface area contributed by atoms with Gasteiger partial charge in [0.1, 0.15) is 6.61 Å². The summed E-state index contributed by atoms with van der Waals surface area (Å²) in [6.45, 7) is 0.344. The first-order valence-corrected chi connectivity index (χ1v) is 10.5. The molecule has 0 bridgehead atoms. The fourth-order valence-electron chi connectivity index (χ4n) is 3.90. The van der Waals surface area contributed by atoms with Crippen LogP contribution in [0.4, 0.5) is 22.0 Å². The Kier molecular flexibility index (Phi) is 6.38. The molecule has 1 aliphatic rings. The first-order chi connectivity index (χ1) is 16.4. The van der Waals surface area contributed by atoms with Crippen molar-refractivity contribution in [2.24, 2.45) is 13.0 Å². The van der Waals surface area contributed by atoms with E-state index in [1.807, 2.05) is 0 Å². The number of halogens is 5. The molecule has 1 fully saturated rings. The molecular formula is C21H20F5N7O2. The van der Waals surface area contributed by atoms with Gasteiger partial charge in [-0.05, 0) is 12.0 Å². The van der Waals surface area contributed by atoms with Gasteiger partial charge in [-0.1, -0.05) is 6.92 Å². The second kappa shape index (κ2) is 9.15. The summed E-state index contributed by atoms with van der Waals surface area (Å²) in [7, 11) is 1.57. The lowest BCUT2D eigenvalue weighted by Crippen LogP contribution is -2.57. The lowest BCUT2D eigenvalue weighted by atomic mass is 9.88. The quantitative estimate of drug-likeness (QED) is 0.499. The molecule has 186 valence electrons. The van der Waals surface area contributed by atoms with Gasteiger partial charge in [0.05, 0.1) is 23.7 Å². The third-order valence-electron chi connectivity index (χ3n) is 5.52. The Morgan fingerprint density at radius 1 is 1.17 bits per heavy atom. The second-order valence-electron chi connectivity index (χ2n) is 8.24.